The highest BCUT2D eigenvalue weighted by molar-refractivity contribution is 6.15. The standard InChI is InChI=1S/C47H31N3O/c1-2-9-30(10-3-1)38-25-26-42-41(29-38)44-40(15-8-16-43(44)51-42)47-49-45(48-46(50-47)39-24-20-32-12-5-7-14-36(32)28-39)34-21-17-33(18-22-34)37-23-19-31-11-4-6-13-35(31)27-37/h1-29,47H,(H,48,49,50). The van der Waals surface area contributed by atoms with Crippen molar-refractivity contribution in [2.45, 2.75) is 6.17 Å². The van der Waals surface area contributed by atoms with Crippen LogP contribution in [0, 0.1) is 0 Å². The Balaban J connectivity index is 1.10. The first-order valence-electron chi connectivity index (χ1n) is 17.3. The van der Waals surface area contributed by atoms with E-state index in [0.29, 0.717) is 5.84 Å². The van der Waals surface area contributed by atoms with Crippen molar-refractivity contribution < 1.29 is 4.42 Å². The summed E-state index contributed by atoms with van der Waals surface area (Å²) in [5.74, 6) is 1.46. The Hall–Kier alpha value is -6.78. The lowest BCUT2D eigenvalue weighted by Crippen LogP contribution is -2.33. The van der Waals surface area contributed by atoms with Gasteiger partial charge in [-0.1, -0.05) is 146 Å². The van der Waals surface area contributed by atoms with E-state index in [2.05, 4.69) is 169 Å². The van der Waals surface area contributed by atoms with Gasteiger partial charge in [-0.05, 0) is 74.1 Å². The largest absolute Gasteiger partial charge is 0.456 e. The minimum absolute atomic E-state index is 0.399. The summed E-state index contributed by atoms with van der Waals surface area (Å²) in [7, 11) is 0. The Bertz CT molecular complexity index is 2830. The van der Waals surface area contributed by atoms with E-state index in [1.54, 1.807) is 0 Å². The van der Waals surface area contributed by atoms with Gasteiger partial charge in [0.25, 0.3) is 0 Å². The molecule has 1 N–H and O–H groups in total. The molecule has 4 nitrogen and oxygen atoms in total. The second kappa shape index (κ2) is 12.0. The Labute approximate surface area is 295 Å². The van der Waals surface area contributed by atoms with E-state index < -0.39 is 6.17 Å². The summed E-state index contributed by atoms with van der Waals surface area (Å²) in [6.07, 6.45) is -0.399. The fraction of sp³-hybridized carbons (Fsp3) is 0.0213. The van der Waals surface area contributed by atoms with E-state index in [-0.39, 0.29) is 0 Å². The van der Waals surface area contributed by atoms with Crippen LogP contribution >= 0.6 is 0 Å². The summed E-state index contributed by atoms with van der Waals surface area (Å²) in [5.41, 5.74) is 9.33. The molecule has 1 unspecified atom stereocenters. The van der Waals surface area contributed by atoms with Crippen LogP contribution in [0.3, 0.4) is 0 Å². The van der Waals surface area contributed by atoms with Crippen molar-refractivity contribution in [3.05, 3.63) is 193 Å². The van der Waals surface area contributed by atoms with Gasteiger partial charge in [0.1, 0.15) is 23.2 Å². The predicted octanol–water partition coefficient (Wildman–Crippen LogP) is 11.7. The number of benzene rings is 8. The molecule has 0 aliphatic carbocycles. The number of hydrogen-bond acceptors (Lipinski definition) is 4. The molecule has 1 aliphatic rings. The first kappa shape index (κ1) is 29.2. The number of amidine groups is 2. The van der Waals surface area contributed by atoms with E-state index in [1.165, 1.54) is 27.3 Å². The molecular weight excluding hydrogens is 623 g/mol. The molecule has 240 valence electrons. The van der Waals surface area contributed by atoms with Gasteiger partial charge in [-0.3, -0.25) is 0 Å². The number of hydrogen-bond donors (Lipinski definition) is 1. The minimum Gasteiger partial charge on any atom is -0.456 e. The van der Waals surface area contributed by atoms with Gasteiger partial charge in [0.15, 0.2) is 5.84 Å². The quantitative estimate of drug-likeness (QED) is 0.201. The fourth-order valence-corrected chi connectivity index (χ4v) is 7.29. The van der Waals surface area contributed by atoms with Gasteiger partial charge in [0.2, 0.25) is 0 Å². The van der Waals surface area contributed by atoms with Crippen molar-refractivity contribution >= 4 is 55.2 Å². The van der Waals surface area contributed by atoms with Gasteiger partial charge in [0, 0.05) is 27.5 Å². The number of aliphatic imine (C=N–C) groups is 2. The molecule has 1 atom stereocenters. The molecule has 51 heavy (non-hydrogen) atoms. The number of furan rings is 1. The maximum atomic E-state index is 6.42. The zero-order chi connectivity index (χ0) is 33.7. The highest BCUT2D eigenvalue weighted by atomic mass is 16.3. The number of fused-ring (bicyclic) bond motifs is 5. The zero-order valence-corrected chi connectivity index (χ0v) is 27.6. The lowest BCUT2D eigenvalue weighted by atomic mass is 9.99. The average Bonchev–Trinajstić information content (AvgIpc) is 3.59. The minimum atomic E-state index is -0.399. The molecule has 1 aliphatic heterocycles. The lowest BCUT2D eigenvalue weighted by Gasteiger charge is -2.24. The van der Waals surface area contributed by atoms with Crippen molar-refractivity contribution in [2.75, 3.05) is 0 Å². The highest BCUT2D eigenvalue weighted by Crippen LogP contribution is 2.38. The van der Waals surface area contributed by atoms with Gasteiger partial charge < -0.3 is 9.73 Å². The smallest absolute Gasteiger partial charge is 0.159 e. The third kappa shape index (κ3) is 5.25. The normalized spacial score (nSPS) is 14.5. The number of nitrogens with zero attached hydrogens (tertiary/aromatic N) is 2. The fourth-order valence-electron chi connectivity index (χ4n) is 7.29. The Kier molecular flexibility index (Phi) is 6.85. The highest BCUT2D eigenvalue weighted by Gasteiger charge is 2.25. The number of nitrogens with one attached hydrogen (secondary N) is 1. The summed E-state index contributed by atoms with van der Waals surface area (Å²) in [4.78, 5) is 10.5. The Morgan fingerprint density at radius 2 is 1.02 bits per heavy atom. The molecular formula is C47H31N3O. The van der Waals surface area contributed by atoms with Crippen molar-refractivity contribution in [3.63, 3.8) is 0 Å². The van der Waals surface area contributed by atoms with E-state index in [0.717, 1.165) is 61.0 Å². The molecule has 0 saturated heterocycles. The molecule has 10 rings (SSSR count). The third-order valence-corrected chi connectivity index (χ3v) is 9.92. The topological polar surface area (TPSA) is 49.9 Å². The summed E-state index contributed by atoms with van der Waals surface area (Å²) in [5, 5.41) is 10.7. The zero-order valence-electron chi connectivity index (χ0n) is 27.6. The Morgan fingerprint density at radius 1 is 0.431 bits per heavy atom. The van der Waals surface area contributed by atoms with Crippen LogP contribution in [0.5, 0.6) is 0 Å². The Morgan fingerprint density at radius 3 is 1.78 bits per heavy atom. The van der Waals surface area contributed by atoms with Crippen LogP contribution in [0.4, 0.5) is 0 Å². The second-order valence-electron chi connectivity index (χ2n) is 13.1. The number of rotatable bonds is 5. The van der Waals surface area contributed by atoms with E-state index >= 15 is 0 Å². The van der Waals surface area contributed by atoms with Crippen LogP contribution in [-0.4, -0.2) is 11.7 Å². The van der Waals surface area contributed by atoms with Gasteiger partial charge >= 0.3 is 0 Å². The van der Waals surface area contributed by atoms with Crippen molar-refractivity contribution in [2.24, 2.45) is 9.98 Å². The third-order valence-electron chi connectivity index (χ3n) is 9.92. The molecule has 0 amide bonds. The van der Waals surface area contributed by atoms with Crippen LogP contribution in [0.2, 0.25) is 0 Å². The molecule has 0 bridgehead atoms. The van der Waals surface area contributed by atoms with Crippen LogP contribution < -0.4 is 5.32 Å². The first-order chi connectivity index (χ1) is 25.2. The van der Waals surface area contributed by atoms with Crippen LogP contribution in [-0.2, 0) is 0 Å². The monoisotopic (exact) mass is 653 g/mol. The maximum absolute atomic E-state index is 6.42. The predicted molar refractivity (Wildman–Crippen MR) is 211 cm³/mol. The molecule has 8 aromatic carbocycles. The summed E-state index contributed by atoms with van der Waals surface area (Å²) < 4.78 is 6.42. The maximum Gasteiger partial charge on any atom is 0.159 e. The van der Waals surface area contributed by atoms with E-state index in [4.69, 9.17) is 14.4 Å². The molecule has 0 radical (unpaired) electrons. The van der Waals surface area contributed by atoms with Gasteiger partial charge in [-0.15, -0.1) is 0 Å². The van der Waals surface area contributed by atoms with E-state index in [1.807, 2.05) is 12.1 Å². The van der Waals surface area contributed by atoms with E-state index in [9.17, 15) is 0 Å². The molecule has 1 aromatic heterocycles. The molecule has 9 aromatic rings. The molecule has 2 heterocycles. The molecule has 0 saturated carbocycles. The van der Waals surface area contributed by atoms with Crippen LogP contribution in [0.15, 0.2) is 190 Å². The van der Waals surface area contributed by atoms with Crippen molar-refractivity contribution in [1.82, 2.24) is 5.32 Å². The summed E-state index contributed by atoms with van der Waals surface area (Å²) >= 11 is 0. The molecule has 0 spiro atoms. The van der Waals surface area contributed by atoms with Crippen molar-refractivity contribution in [3.8, 4) is 22.3 Å². The molecule has 0 fully saturated rings. The first-order valence-corrected chi connectivity index (χ1v) is 17.3. The SMILES string of the molecule is c1ccc(-c2ccc3oc4cccc(C5N=C(c6ccc(-c7ccc8ccccc8c7)cc6)N=C(c6ccc7ccccc7c6)N5)c4c3c2)cc1. The second-order valence-corrected chi connectivity index (χ2v) is 13.1. The summed E-state index contributed by atoms with van der Waals surface area (Å²) in [6, 6.07) is 61.7. The molecule has 4 heteroatoms. The van der Waals surface area contributed by atoms with Gasteiger partial charge in [-0.2, -0.15) is 0 Å². The average molecular weight is 654 g/mol. The van der Waals surface area contributed by atoms with Crippen LogP contribution in [0.25, 0.3) is 65.7 Å². The lowest BCUT2D eigenvalue weighted by molar-refractivity contribution is 0.662. The van der Waals surface area contributed by atoms with Crippen molar-refractivity contribution in [1.29, 1.82) is 0 Å². The van der Waals surface area contributed by atoms with Gasteiger partial charge in [-0.25, -0.2) is 9.98 Å². The van der Waals surface area contributed by atoms with Crippen LogP contribution in [0.1, 0.15) is 22.9 Å². The van der Waals surface area contributed by atoms with Gasteiger partial charge in [0.05, 0.1) is 0 Å². The summed E-state index contributed by atoms with van der Waals surface area (Å²) in [6.45, 7) is 0.